The standard InChI is InChI=1S/C14H20N2O4/c1-20-13-5-4-11(8-12(13)16(18)19)9-15-14(10-17)6-2-3-7-14/h4-5,8,15,17H,2-3,6-7,9-10H2,1H3. The summed E-state index contributed by atoms with van der Waals surface area (Å²) in [6.45, 7) is 0.608. The van der Waals surface area contributed by atoms with Crippen LogP contribution in [0, 0.1) is 10.1 Å². The fourth-order valence-electron chi connectivity index (χ4n) is 2.72. The number of nitrogens with zero attached hydrogens (tertiary/aromatic N) is 1. The van der Waals surface area contributed by atoms with Crippen molar-refractivity contribution < 1.29 is 14.8 Å². The molecule has 0 bridgehead atoms. The lowest BCUT2D eigenvalue weighted by Gasteiger charge is -2.28. The summed E-state index contributed by atoms with van der Waals surface area (Å²) in [6.07, 6.45) is 4.11. The molecular formula is C14H20N2O4. The molecule has 0 unspecified atom stereocenters. The molecule has 0 aliphatic heterocycles. The van der Waals surface area contributed by atoms with Gasteiger partial charge in [-0.15, -0.1) is 0 Å². The average Bonchev–Trinajstić information content (AvgIpc) is 2.94. The number of hydrogen-bond acceptors (Lipinski definition) is 5. The van der Waals surface area contributed by atoms with Gasteiger partial charge in [-0.05, 0) is 24.5 Å². The van der Waals surface area contributed by atoms with E-state index in [1.54, 1.807) is 12.1 Å². The highest BCUT2D eigenvalue weighted by molar-refractivity contribution is 5.48. The number of hydrogen-bond donors (Lipinski definition) is 2. The molecule has 1 aliphatic carbocycles. The number of nitro benzene ring substituents is 1. The Labute approximate surface area is 117 Å². The Hall–Kier alpha value is -1.66. The fraction of sp³-hybridized carbons (Fsp3) is 0.571. The summed E-state index contributed by atoms with van der Waals surface area (Å²) in [4.78, 5) is 10.5. The molecule has 20 heavy (non-hydrogen) atoms. The number of methoxy groups -OCH3 is 1. The molecule has 6 heteroatoms. The molecule has 0 saturated heterocycles. The Morgan fingerprint density at radius 2 is 2.15 bits per heavy atom. The third-order valence-corrected chi connectivity index (χ3v) is 3.97. The number of rotatable bonds is 6. The van der Waals surface area contributed by atoms with E-state index in [9.17, 15) is 15.2 Å². The van der Waals surface area contributed by atoms with E-state index < -0.39 is 4.92 Å². The number of nitro groups is 1. The number of aliphatic hydroxyl groups is 1. The molecule has 1 aromatic carbocycles. The maximum atomic E-state index is 11.0. The van der Waals surface area contributed by atoms with E-state index in [-0.39, 0.29) is 23.6 Å². The first-order valence-electron chi connectivity index (χ1n) is 6.77. The van der Waals surface area contributed by atoms with Crippen molar-refractivity contribution in [2.24, 2.45) is 0 Å². The molecule has 1 aliphatic rings. The van der Waals surface area contributed by atoms with Crippen molar-refractivity contribution in [2.75, 3.05) is 13.7 Å². The van der Waals surface area contributed by atoms with Gasteiger partial charge in [-0.2, -0.15) is 0 Å². The monoisotopic (exact) mass is 280 g/mol. The first-order chi connectivity index (χ1) is 9.60. The van der Waals surface area contributed by atoms with Gasteiger partial charge in [0.05, 0.1) is 18.6 Å². The van der Waals surface area contributed by atoms with Gasteiger partial charge in [0.2, 0.25) is 0 Å². The van der Waals surface area contributed by atoms with Crippen molar-refractivity contribution in [2.45, 2.75) is 37.8 Å². The molecule has 0 radical (unpaired) electrons. The van der Waals surface area contributed by atoms with E-state index in [2.05, 4.69) is 5.32 Å². The van der Waals surface area contributed by atoms with Gasteiger partial charge in [0.1, 0.15) is 0 Å². The molecule has 1 saturated carbocycles. The summed E-state index contributed by atoms with van der Waals surface area (Å²) in [6, 6.07) is 4.93. The number of ether oxygens (including phenoxy) is 1. The Bertz CT molecular complexity index is 484. The minimum atomic E-state index is -0.445. The summed E-state index contributed by atoms with van der Waals surface area (Å²) < 4.78 is 4.98. The van der Waals surface area contributed by atoms with Crippen LogP contribution < -0.4 is 10.1 Å². The van der Waals surface area contributed by atoms with Crippen molar-refractivity contribution >= 4 is 5.69 Å². The molecule has 0 aromatic heterocycles. The molecular weight excluding hydrogens is 260 g/mol. The fourth-order valence-corrected chi connectivity index (χ4v) is 2.72. The zero-order valence-electron chi connectivity index (χ0n) is 11.6. The Balaban J connectivity index is 2.10. The molecule has 2 N–H and O–H groups in total. The van der Waals surface area contributed by atoms with Gasteiger partial charge >= 0.3 is 5.69 Å². The first-order valence-corrected chi connectivity index (χ1v) is 6.77. The second kappa shape index (κ2) is 6.19. The molecule has 0 amide bonds. The lowest BCUT2D eigenvalue weighted by molar-refractivity contribution is -0.385. The van der Waals surface area contributed by atoms with Gasteiger partial charge in [0, 0.05) is 18.2 Å². The van der Waals surface area contributed by atoms with Gasteiger partial charge in [0.15, 0.2) is 5.75 Å². The highest BCUT2D eigenvalue weighted by atomic mass is 16.6. The molecule has 1 aromatic rings. The van der Waals surface area contributed by atoms with E-state index in [1.807, 2.05) is 0 Å². The summed E-state index contributed by atoms with van der Waals surface area (Å²) >= 11 is 0. The zero-order chi connectivity index (χ0) is 14.6. The maximum Gasteiger partial charge on any atom is 0.311 e. The van der Waals surface area contributed by atoms with E-state index in [4.69, 9.17) is 4.74 Å². The number of aliphatic hydroxyl groups excluding tert-OH is 1. The summed E-state index contributed by atoms with van der Waals surface area (Å²) in [5.41, 5.74) is 0.558. The lowest BCUT2D eigenvalue weighted by atomic mass is 9.98. The lowest BCUT2D eigenvalue weighted by Crippen LogP contribution is -2.45. The van der Waals surface area contributed by atoms with Crippen LogP contribution in [-0.2, 0) is 6.54 Å². The van der Waals surface area contributed by atoms with Crippen LogP contribution in [0.3, 0.4) is 0 Å². The van der Waals surface area contributed by atoms with Crippen LogP contribution in [0.15, 0.2) is 18.2 Å². The Morgan fingerprint density at radius 3 is 2.70 bits per heavy atom. The van der Waals surface area contributed by atoms with Crippen molar-refractivity contribution in [3.8, 4) is 5.75 Å². The highest BCUT2D eigenvalue weighted by Gasteiger charge is 2.32. The largest absolute Gasteiger partial charge is 0.490 e. The van der Waals surface area contributed by atoms with Gasteiger partial charge in [0.25, 0.3) is 0 Å². The van der Waals surface area contributed by atoms with Gasteiger partial charge in [-0.3, -0.25) is 10.1 Å². The second-order valence-electron chi connectivity index (χ2n) is 5.26. The summed E-state index contributed by atoms with van der Waals surface area (Å²) in [5, 5.41) is 23.9. The topological polar surface area (TPSA) is 84.6 Å². The van der Waals surface area contributed by atoms with Crippen LogP contribution >= 0.6 is 0 Å². The Kier molecular flexibility index (Phi) is 4.57. The van der Waals surface area contributed by atoms with Crippen LogP contribution in [0.25, 0.3) is 0 Å². The van der Waals surface area contributed by atoms with E-state index >= 15 is 0 Å². The number of benzene rings is 1. The van der Waals surface area contributed by atoms with Crippen molar-refractivity contribution in [3.05, 3.63) is 33.9 Å². The zero-order valence-corrected chi connectivity index (χ0v) is 11.6. The average molecular weight is 280 g/mol. The predicted molar refractivity (Wildman–Crippen MR) is 74.8 cm³/mol. The minimum Gasteiger partial charge on any atom is -0.490 e. The van der Waals surface area contributed by atoms with Crippen molar-refractivity contribution in [3.63, 3.8) is 0 Å². The first kappa shape index (κ1) is 14.7. The van der Waals surface area contributed by atoms with Gasteiger partial charge < -0.3 is 15.2 Å². The molecule has 1 fully saturated rings. The minimum absolute atomic E-state index is 0.0312. The van der Waals surface area contributed by atoms with E-state index in [0.717, 1.165) is 31.2 Å². The third-order valence-electron chi connectivity index (χ3n) is 3.97. The number of nitrogens with one attached hydrogen (secondary N) is 1. The molecule has 2 rings (SSSR count). The van der Waals surface area contributed by atoms with Crippen molar-refractivity contribution in [1.29, 1.82) is 0 Å². The predicted octanol–water partition coefficient (Wildman–Crippen LogP) is 2.00. The van der Waals surface area contributed by atoms with Crippen LogP contribution in [-0.4, -0.2) is 29.3 Å². The Morgan fingerprint density at radius 1 is 1.45 bits per heavy atom. The van der Waals surface area contributed by atoms with Crippen LogP contribution in [0.2, 0.25) is 0 Å². The summed E-state index contributed by atoms with van der Waals surface area (Å²) in [5.74, 6) is 0.261. The second-order valence-corrected chi connectivity index (χ2v) is 5.26. The van der Waals surface area contributed by atoms with Gasteiger partial charge in [-0.25, -0.2) is 0 Å². The van der Waals surface area contributed by atoms with Crippen LogP contribution in [0.4, 0.5) is 5.69 Å². The molecule has 6 nitrogen and oxygen atoms in total. The van der Waals surface area contributed by atoms with E-state index in [0.29, 0.717) is 6.54 Å². The molecule has 0 spiro atoms. The normalized spacial score (nSPS) is 17.1. The third kappa shape index (κ3) is 3.08. The van der Waals surface area contributed by atoms with Gasteiger partial charge in [-0.1, -0.05) is 18.9 Å². The highest BCUT2D eigenvalue weighted by Crippen LogP contribution is 2.31. The maximum absolute atomic E-state index is 11.0. The van der Waals surface area contributed by atoms with Crippen LogP contribution in [0.1, 0.15) is 31.2 Å². The summed E-state index contributed by atoms with van der Waals surface area (Å²) in [7, 11) is 1.42. The van der Waals surface area contributed by atoms with Crippen molar-refractivity contribution in [1.82, 2.24) is 5.32 Å². The smallest absolute Gasteiger partial charge is 0.311 e. The molecule has 110 valence electrons. The molecule has 0 heterocycles. The quantitative estimate of drug-likeness (QED) is 0.615. The van der Waals surface area contributed by atoms with Crippen LogP contribution in [0.5, 0.6) is 5.75 Å². The van der Waals surface area contributed by atoms with E-state index in [1.165, 1.54) is 13.2 Å². The molecule has 0 atom stereocenters. The SMILES string of the molecule is COc1ccc(CNC2(CO)CCCC2)cc1[N+](=O)[O-].